The first kappa shape index (κ1) is 13.7. The fraction of sp³-hybridized carbons (Fsp3) is 0.636. The average Bonchev–Trinajstić information content (AvgIpc) is 2.33. The fourth-order valence-electron chi connectivity index (χ4n) is 2.12. The third kappa shape index (κ3) is 3.19. The van der Waals surface area contributed by atoms with Gasteiger partial charge in [-0.2, -0.15) is 0 Å². The van der Waals surface area contributed by atoms with Gasteiger partial charge in [0, 0.05) is 32.7 Å². The second-order valence-electron chi connectivity index (χ2n) is 4.47. The SMILES string of the molecule is CC(F)CN1CCN(c2ncnc(I)c2N)CC1. The van der Waals surface area contributed by atoms with Gasteiger partial charge in [-0.25, -0.2) is 14.4 Å². The van der Waals surface area contributed by atoms with Crippen molar-refractivity contribution in [3.05, 3.63) is 10.0 Å². The Morgan fingerprint density at radius 1 is 1.39 bits per heavy atom. The van der Waals surface area contributed by atoms with Gasteiger partial charge in [0.05, 0.1) is 0 Å². The standard InChI is InChI=1S/C11H17FIN5/c1-8(12)6-17-2-4-18(5-3-17)11-9(14)10(13)15-7-16-11/h7-8H,2-6,14H2,1H3. The number of nitrogens with two attached hydrogens (primary N) is 1. The third-order valence-corrected chi connectivity index (χ3v) is 3.86. The zero-order valence-corrected chi connectivity index (χ0v) is 12.5. The van der Waals surface area contributed by atoms with E-state index in [1.807, 2.05) is 0 Å². The second kappa shape index (κ2) is 5.96. The first-order valence-electron chi connectivity index (χ1n) is 5.95. The van der Waals surface area contributed by atoms with Crippen LogP contribution in [-0.4, -0.2) is 53.8 Å². The van der Waals surface area contributed by atoms with Crippen molar-refractivity contribution in [1.82, 2.24) is 14.9 Å². The molecule has 0 aromatic carbocycles. The minimum atomic E-state index is -0.776. The third-order valence-electron chi connectivity index (χ3n) is 3.00. The summed E-state index contributed by atoms with van der Waals surface area (Å²) in [6.07, 6.45) is 0.755. The molecule has 1 aliphatic rings. The van der Waals surface area contributed by atoms with Gasteiger partial charge in [0.2, 0.25) is 0 Å². The lowest BCUT2D eigenvalue weighted by Gasteiger charge is -2.36. The highest BCUT2D eigenvalue weighted by molar-refractivity contribution is 14.1. The maximum absolute atomic E-state index is 12.9. The Kier molecular flexibility index (Phi) is 4.55. The van der Waals surface area contributed by atoms with Crippen LogP contribution in [-0.2, 0) is 0 Å². The lowest BCUT2D eigenvalue weighted by molar-refractivity contribution is 0.193. The minimum absolute atomic E-state index is 0.505. The van der Waals surface area contributed by atoms with Gasteiger partial charge in [-0.1, -0.05) is 0 Å². The Bertz CT molecular complexity index is 406. The largest absolute Gasteiger partial charge is 0.394 e. The van der Waals surface area contributed by atoms with Crippen molar-refractivity contribution < 1.29 is 4.39 Å². The molecule has 1 aromatic heterocycles. The number of nitrogen functional groups attached to an aromatic ring is 1. The van der Waals surface area contributed by atoms with Gasteiger partial charge in [-0.05, 0) is 29.5 Å². The topological polar surface area (TPSA) is 58.3 Å². The molecule has 0 amide bonds. The number of aromatic nitrogens is 2. The number of nitrogens with zero attached hydrogens (tertiary/aromatic N) is 4. The van der Waals surface area contributed by atoms with E-state index in [0.717, 1.165) is 35.7 Å². The molecule has 2 heterocycles. The number of hydrogen-bond donors (Lipinski definition) is 1. The summed E-state index contributed by atoms with van der Waals surface area (Å²) in [5.41, 5.74) is 6.61. The van der Waals surface area contributed by atoms with Crippen molar-refractivity contribution in [3.8, 4) is 0 Å². The minimum Gasteiger partial charge on any atom is -0.394 e. The molecule has 7 heteroatoms. The van der Waals surface area contributed by atoms with E-state index in [1.165, 1.54) is 6.33 Å². The molecule has 1 atom stereocenters. The Labute approximate surface area is 120 Å². The number of halogens is 2. The van der Waals surface area contributed by atoms with Gasteiger partial charge in [0.1, 0.15) is 21.9 Å². The molecule has 0 radical (unpaired) electrons. The molecule has 0 saturated carbocycles. The van der Waals surface area contributed by atoms with E-state index in [1.54, 1.807) is 6.92 Å². The quantitative estimate of drug-likeness (QED) is 0.643. The number of alkyl halides is 1. The molecular weight excluding hydrogens is 348 g/mol. The first-order valence-corrected chi connectivity index (χ1v) is 7.03. The summed E-state index contributed by atoms with van der Waals surface area (Å²) in [5.74, 6) is 0.794. The van der Waals surface area contributed by atoms with Crippen LogP contribution < -0.4 is 10.6 Å². The summed E-state index contributed by atoms with van der Waals surface area (Å²) >= 11 is 2.10. The van der Waals surface area contributed by atoms with Crippen molar-refractivity contribution in [2.24, 2.45) is 0 Å². The summed E-state index contributed by atoms with van der Waals surface area (Å²) in [5, 5.41) is 0. The van der Waals surface area contributed by atoms with E-state index in [0.29, 0.717) is 12.2 Å². The molecule has 1 aromatic rings. The predicted molar refractivity (Wildman–Crippen MR) is 78.4 cm³/mol. The van der Waals surface area contributed by atoms with Crippen LogP contribution in [0.5, 0.6) is 0 Å². The number of hydrogen-bond acceptors (Lipinski definition) is 5. The number of anilines is 2. The van der Waals surface area contributed by atoms with Crippen LogP contribution in [0.1, 0.15) is 6.92 Å². The van der Waals surface area contributed by atoms with Gasteiger partial charge < -0.3 is 10.6 Å². The highest BCUT2D eigenvalue weighted by atomic mass is 127. The highest BCUT2D eigenvalue weighted by Crippen LogP contribution is 2.24. The Morgan fingerprint density at radius 2 is 2.06 bits per heavy atom. The molecule has 1 aliphatic heterocycles. The van der Waals surface area contributed by atoms with Crippen LogP contribution in [0.2, 0.25) is 0 Å². The second-order valence-corrected chi connectivity index (χ2v) is 5.49. The highest BCUT2D eigenvalue weighted by Gasteiger charge is 2.21. The molecule has 2 N–H and O–H groups in total. The smallest absolute Gasteiger partial charge is 0.156 e. The van der Waals surface area contributed by atoms with Crippen molar-refractivity contribution in [3.63, 3.8) is 0 Å². The molecule has 2 rings (SSSR count). The van der Waals surface area contributed by atoms with Crippen molar-refractivity contribution >= 4 is 34.1 Å². The number of piperazine rings is 1. The predicted octanol–water partition coefficient (Wildman–Crippen LogP) is 1.14. The molecule has 0 bridgehead atoms. The monoisotopic (exact) mass is 365 g/mol. The van der Waals surface area contributed by atoms with Crippen molar-refractivity contribution in [2.45, 2.75) is 13.1 Å². The lowest BCUT2D eigenvalue weighted by atomic mass is 10.2. The summed E-state index contributed by atoms with van der Waals surface area (Å²) in [7, 11) is 0. The lowest BCUT2D eigenvalue weighted by Crippen LogP contribution is -2.48. The Morgan fingerprint density at radius 3 is 2.67 bits per heavy atom. The average molecular weight is 365 g/mol. The zero-order chi connectivity index (χ0) is 13.1. The summed E-state index contributed by atoms with van der Waals surface area (Å²) in [6.45, 7) is 5.43. The van der Waals surface area contributed by atoms with Crippen LogP contribution in [0, 0.1) is 3.70 Å². The zero-order valence-electron chi connectivity index (χ0n) is 10.3. The summed E-state index contributed by atoms with van der Waals surface area (Å²) in [4.78, 5) is 12.6. The van der Waals surface area contributed by atoms with Crippen LogP contribution in [0.4, 0.5) is 15.9 Å². The van der Waals surface area contributed by atoms with E-state index >= 15 is 0 Å². The van der Waals surface area contributed by atoms with E-state index in [-0.39, 0.29) is 0 Å². The van der Waals surface area contributed by atoms with Gasteiger partial charge in [0.15, 0.2) is 5.82 Å². The van der Waals surface area contributed by atoms with E-state index in [9.17, 15) is 4.39 Å². The molecule has 5 nitrogen and oxygen atoms in total. The van der Waals surface area contributed by atoms with Crippen LogP contribution in [0.25, 0.3) is 0 Å². The molecule has 1 saturated heterocycles. The van der Waals surface area contributed by atoms with Gasteiger partial charge in [0.25, 0.3) is 0 Å². The molecule has 1 fully saturated rings. The molecule has 100 valence electrons. The van der Waals surface area contributed by atoms with Crippen molar-refractivity contribution in [1.29, 1.82) is 0 Å². The first-order chi connectivity index (χ1) is 8.58. The maximum Gasteiger partial charge on any atom is 0.156 e. The molecule has 0 aliphatic carbocycles. The summed E-state index contributed by atoms with van der Waals surface area (Å²) in [6, 6.07) is 0. The molecular formula is C11H17FIN5. The fourth-order valence-corrected chi connectivity index (χ4v) is 2.48. The van der Waals surface area contributed by atoms with Crippen LogP contribution >= 0.6 is 22.6 Å². The van der Waals surface area contributed by atoms with Gasteiger partial charge in [-0.15, -0.1) is 0 Å². The van der Waals surface area contributed by atoms with E-state index in [4.69, 9.17) is 5.73 Å². The van der Waals surface area contributed by atoms with Crippen LogP contribution in [0.3, 0.4) is 0 Å². The van der Waals surface area contributed by atoms with Gasteiger partial charge in [-0.3, -0.25) is 4.90 Å². The Hall–Kier alpha value is -0.700. The summed E-state index contributed by atoms with van der Waals surface area (Å²) < 4.78 is 13.7. The van der Waals surface area contributed by atoms with E-state index in [2.05, 4.69) is 42.4 Å². The molecule has 0 spiro atoms. The van der Waals surface area contributed by atoms with Gasteiger partial charge >= 0.3 is 0 Å². The Balaban J connectivity index is 1.99. The van der Waals surface area contributed by atoms with Crippen LogP contribution in [0.15, 0.2) is 6.33 Å². The maximum atomic E-state index is 12.9. The molecule has 18 heavy (non-hydrogen) atoms. The number of rotatable bonds is 3. The normalized spacial score (nSPS) is 18.9. The van der Waals surface area contributed by atoms with Crippen molar-refractivity contribution in [2.75, 3.05) is 43.4 Å². The molecule has 1 unspecified atom stereocenters. The van der Waals surface area contributed by atoms with E-state index < -0.39 is 6.17 Å².